The van der Waals surface area contributed by atoms with E-state index >= 15 is 0 Å². The molecule has 0 bridgehead atoms. The molecular weight excluding hydrogens is 232 g/mol. The Balaban J connectivity index is 1.79. The van der Waals surface area contributed by atoms with Crippen molar-refractivity contribution in [3.05, 3.63) is 35.9 Å². The highest BCUT2D eigenvalue weighted by molar-refractivity contribution is 5.15. The second kappa shape index (κ2) is 6.53. The van der Waals surface area contributed by atoms with Crippen molar-refractivity contribution in [2.75, 3.05) is 13.1 Å². The fourth-order valence-electron chi connectivity index (χ4n) is 2.57. The number of nitrogens with two attached hydrogens (primary N) is 1. The predicted octanol–water partition coefficient (Wildman–Crippen LogP) is 2.97. The van der Waals surface area contributed by atoms with Crippen LogP contribution in [0.25, 0.3) is 0 Å². The molecule has 106 valence electrons. The highest BCUT2D eigenvalue weighted by Crippen LogP contribution is 2.36. The molecule has 1 aromatic carbocycles. The Kier molecular flexibility index (Phi) is 5.00. The highest BCUT2D eigenvalue weighted by Gasteiger charge is 2.29. The first-order valence-electron chi connectivity index (χ1n) is 7.62. The van der Waals surface area contributed by atoms with Gasteiger partial charge in [0.1, 0.15) is 0 Å². The molecule has 2 heteroatoms. The summed E-state index contributed by atoms with van der Waals surface area (Å²) in [5.74, 6) is 1.76. The van der Waals surface area contributed by atoms with Crippen LogP contribution in [0.2, 0.25) is 0 Å². The summed E-state index contributed by atoms with van der Waals surface area (Å²) in [7, 11) is 0. The Bertz CT molecular complexity index is 372. The normalized spacial score (nSPS) is 19.9. The highest BCUT2D eigenvalue weighted by atomic mass is 15.0. The van der Waals surface area contributed by atoms with E-state index in [1.165, 1.54) is 18.4 Å². The third kappa shape index (κ3) is 4.63. The van der Waals surface area contributed by atoms with Gasteiger partial charge in [-0.1, -0.05) is 37.3 Å². The van der Waals surface area contributed by atoms with Gasteiger partial charge in [0.15, 0.2) is 0 Å². The minimum atomic E-state index is 0.0684. The minimum absolute atomic E-state index is 0.0684. The number of rotatable bonds is 8. The topological polar surface area (TPSA) is 38.0 Å². The molecule has 0 saturated heterocycles. The number of aryl methyl sites for hydroxylation is 1. The van der Waals surface area contributed by atoms with Crippen molar-refractivity contribution in [1.82, 2.24) is 5.32 Å². The number of benzene rings is 1. The SMILES string of the molecule is CC(CNC(C)(CN)CCc1ccccc1)C1CC1. The number of nitrogens with one attached hydrogen (secondary N) is 1. The van der Waals surface area contributed by atoms with Crippen molar-refractivity contribution in [3.8, 4) is 0 Å². The van der Waals surface area contributed by atoms with E-state index in [2.05, 4.69) is 49.5 Å². The van der Waals surface area contributed by atoms with Crippen LogP contribution < -0.4 is 11.1 Å². The van der Waals surface area contributed by atoms with Gasteiger partial charge < -0.3 is 11.1 Å². The van der Waals surface area contributed by atoms with Crippen LogP contribution in [0.4, 0.5) is 0 Å². The van der Waals surface area contributed by atoms with Gasteiger partial charge in [-0.05, 0) is 56.6 Å². The minimum Gasteiger partial charge on any atom is -0.329 e. The maximum Gasteiger partial charge on any atom is 0.0278 e. The molecule has 0 aliphatic heterocycles. The second-order valence-electron chi connectivity index (χ2n) is 6.45. The van der Waals surface area contributed by atoms with Gasteiger partial charge in [0.25, 0.3) is 0 Å². The lowest BCUT2D eigenvalue weighted by Crippen LogP contribution is -2.50. The van der Waals surface area contributed by atoms with Gasteiger partial charge in [0, 0.05) is 12.1 Å². The first-order valence-corrected chi connectivity index (χ1v) is 7.62. The summed E-state index contributed by atoms with van der Waals surface area (Å²) in [5, 5.41) is 3.71. The van der Waals surface area contributed by atoms with Gasteiger partial charge in [-0.2, -0.15) is 0 Å². The Hall–Kier alpha value is -0.860. The molecule has 1 fully saturated rings. The monoisotopic (exact) mass is 260 g/mol. The van der Waals surface area contributed by atoms with Gasteiger partial charge in [0.05, 0.1) is 0 Å². The zero-order valence-electron chi connectivity index (χ0n) is 12.4. The van der Waals surface area contributed by atoms with Gasteiger partial charge in [-0.3, -0.25) is 0 Å². The summed E-state index contributed by atoms with van der Waals surface area (Å²) in [4.78, 5) is 0. The van der Waals surface area contributed by atoms with Crippen LogP contribution >= 0.6 is 0 Å². The Morgan fingerprint density at radius 2 is 2.00 bits per heavy atom. The largest absolute Gasteiger partial charge is 0.329 e. The molecule has 2 nitrogen and oxygen atoms in total. The summed E-state index contributed by atoms with van der Waals surface area (Å²) in [6.07, 6.45) is 5.04. The summed E-state index contributed by atoms with van der Waals surface area (Å²) in [6.45, 7) is 6.43. The fourth-order valence-corrected chi connectivity index (χ4v) is 2.57. The Labute approximate surface area is 117 Å². The van der Waals surface area contributed by atoms with Crippen LogP contribution in [0.3, 0.4) is 0 Å². The molecule has 3 N–H and O–H groups in total. The van der Waals surface area contributed by atoms with Gasteiger partial charge in [-0.25, -0.2) is 0 Å². The van der Waals surface area contributed by atoms with Crippen molar-refractivity contribution in [2.45, 2.75) is 45.1 Å². The van der Waals surface area contributed by atoms with Crippen LogP contribution in [0.5, 0.6) is 0 Å². The summed E-state index contributed by atoms with van der Waals surface area (Å²) in [5.41, 5.74) is 7.46. The molecule has 2 rings (SSSR count). The van der Waals surface area contributed by atoms with Gasteiger partial charge >= 0.3 is 0 Å². The lowest BCUT2D eigenvalue weighted by atomic mass is 9.92. The van der Waals surface area contributed by atoms with Crippen molar-refractivity contribution in [3.63, 3.8) is 0 Å². The quantitative estimate of drug-likeness (QED) is 0.754. The second-order valence-corrected chi connectivity index (χ2v) is 6.45. The molecule has 2 unspecified atom stereocenters. The average Bonchev–Trinajstić information content (AvgIpc) is 3.28. The van der Waals surface area contributed by atoms with Crippen molar-refractivity contribution < 1.29 is 0 Å². The maximum absolute atomic E-state index is 5.99. The molecule has 1 aliphatic rings. The van der Waals surface area contributed by atoms with Gasteiger partial charge in [0.2, 0.25) is 0 Å². The van der Waals surface area contributed by atoms with Crippen LogP contribution in [0.15, 0.2) is 30.3 Å². The van der Waals surface area contributed by atoms with Crippen LogP contribution in [0.1, 0.15) is 38.7 Å². The van der Waals surface area contributed by atoms with E-state index in [0.29, 0.717) is 6.54 Å². The lowest BCUT2D eigenvalue weighted by Gasteiger charge is -2.31. The molecule has 2 atom stereocenters. The van der Waals surface area contributed by atoms with Crippen molar-refractivity contribution in [2.24, 2.45) is 17.6 Å². The molecule has 1 saturated carbocycles. The molecule has 0 spiro atoms. The number of hydrogen-bond acceptors (Lipinski definition) is 2. The summed E-state index contributed by atoms with van der Waals surface area (Å²) in [6, 6.07) is 10.7. The van der Waals surface area contributed by atoms with E-state index in [1.807, 2.05) is 0 Å². The predicted molar refractivity (Wildman–Crippen MR) is 82.1 cm³/mol. The van der Waals surface area contributed by atoms with Crippen LogP contribution in [0, 0.1) is 11.8 Å². The zero-order chi connectivity index (χ0) is 13.7. The molecule has 0 heterocycles. The van der Waals surface area contributed by atoms with E-state index in [1.54, 1.807) is 0 Å². The molecule has 0 radical (unpaired) electrons. The van der Waals surface area contributed by atoms with Crippen molar-refractivity contribution in [1.29, 1.82) is 0 Å². The molecule has 1 aliphatic carbocycles. The van der Waals surface area contributed by atoms with Crippen molar-refractivity contribution >= 4 is 0 Å². The molecule has 19 heavy (non-hydrogen) atoms. The first kappa shape index (κ1) is 14.5. The maximum atomic E-state index is 5.99. The molecule has 0 amide bonds. The molecule has 0 aromatic heterocycles. The third-order valence-electron chi connectivity index (χ3n) is 4.54. The van der Waals surface area contributed by atoms with E-state index in [9.17, 15) is 0 Å². The summed E-state index contributed by atoms with van der Waals surface area (Å²) >= 11 is 0. The van der Waals surface area contributed by atoms with E-state index in [-0.39, 0.29) is 5.54 Å². The smallest absolute Gasteiger partial charge is 0.0278 e. The molecule has 1 aromatic rings. The van der Waals surface area contributed by atoms with E-state index < -0.39 is 0 Å². The van der Waals surface area contributed by atoms with Crippen LogP contribution in [-0.4, -0.2) is 18.6 Å². The fraction of sp³-hybridized carbons (Fsp3) is 0.647. The van der Waals surface area contributed by atoms with E-state index in [0.717, 1.165) is 31.2 Å². The Morgan fingerprint density at radius 1 is 1.32 bits per heavy atom. The zero-order valence-corrected chi connectivity index (χ0v) is 12.4. The first-order chi connectivity index (χ1) is 9.13. The molecular formula is C17H28N2. The van der Waals surface area contributed by atoms with Gasteiger partial charge in [-0.15, -0.1) is 0 Å². The van der Waals surface area contributed by atoms with E-state index in [4.69, 9.17) is 5.73 Å². The average molecular weight is 260 g/mol. The number of hydrogen-bond donors (Lipinski definition) is 2. The van der Waals surface area contributed by atoms with Crippen LogP contribution in [-0.2, 0) is 6.42 Å². The Morgan fingerprint density at radius 3 is 2.58 bits per heavy atom. The summed E-state index contributed by atoms with van der Waals surface area (Å²) < 4.78 is 0. The lowest BCUT2D eigenvalue weighted by molar-refractivity contribution is 0.307. The third-order valence-corrected chi connectivity index (χ3v) is 4.54. The standard InChI is InChI=1S/C17H28N2/c1-14(16-8-9-16)12-19-17(2,13-18)11-10-15-6-4-3-5-7-15/h3-7,14,16,19H,8-13,18H2,1-2H3.